The summed E-state index contributed by atoms with van der Waals surface area (Å²) < 4.78 is 0. The van der Waals surface area contributed by atoms with Gasteiger partial charge in [-0.25, -0.2) is 0 Å². The van der Waals surface area contributed by atoms with E-state index >= 15 is 0 Å². The highest BCUT2D eigenvalue weighted by atomic mass is 16.1. The molecule has 2 heteroatoms. The second-order valence-electron chi connectivity index (χ2n) is 4.48. The molecule has 0 aromatic rings. The monoisotopic (exact) mass is 222 g/mol. The minimum absolute atomic E-state index is 0.0601. The number of carbonyl (C=O) groups excluding carboxylic acids is 2. The van der Waals surface area contributed by atoms with Gasteiger partial charge in [0.2, 0.25) is 0 Å². The molecule has 0 aliphatic carbocycles. The largest absolute Gasteiger partial charge is 0.300 e. The fraction of sp³-hybridized carbons (Fsp3) is 0.571. The molecule has 0 bridgehead atoms. The Morgan fingerprint density at radius 2 is 1.56 bits per heavy atom. The Hall–Kier alpha value is -1.18. The zero-order chi connectivity index (χ0) is 12.6. The van der Waals surface area contributed by atoms with Crippen molar-refractivity contribution in [2.45, 2.75) is 53.4 Å². The summed E-state index contributed by atoms with van der Waals surface area (Å²) in [4.78, 5) is 22.1. The lowest BCUT2D eigenvalue weighted by Crippen LogP contribution is -1.98. The fourth-order valence-electron chi connectivity index (χ4n) is 1.31. The molecule has 0 N–H and O–H groups in total. The standard InChI is InChI=1S/C14H22O2/c1-11(2)6-5-7-12(3)10-14(16)9-8-13(4)15/h6,10H,5,7-9H2,1-4H3. The third-order valence-corrected chi connectivity index (χ3v) is 2.22. The van der Waals surface area contributed by atoms with Crippen LogP contribution >= 0.6 is 0 Å². The summed E-state index contributed by atoms with van der Waals surface area (Å²) in [7, 11) is 0. The first kappa shape index (κ1) is 14.8. The van der Waals surface area contributed by atoms with Gasteiger partial charge in [-0.15, -0.1) is 0 Å². The summed E-state index contributed by atoms with van der Waals surface area (Å²) in [5.41, 5.74) is 2.39. The second-order valence-corrected chi connectivity index (χ2v) is 4.48. The van der Waals surface area contributed by atoms with E-state index in [2.05, 4.69) is 19.9 Å². The SMILES string of the molecule is CC(=O)CCC(=O)C=C(C)CCC=C(C)C. The summed E-state index contributed by atoms with van der Waals surface area (Å²) >= 11 is 0. The Bertz CT molecular complexity index is 305. The Labute approximate surface area is 98.4 Å². The molecule has 90 valence electrons. The smallest absolute Gasteiger partial charge is 0.156 e. The van der Waals surface area contributed by atoms with E-state index in [0.717, 1.165) is 18.4 Å². The van der Waals surface area contributed by atoms with E-state index in [4.69, 9.17) is 0 Å². The maximum atomic E-state index is 11.4. The van der Waals surface area contributed by atoms with Crippen molar-refractivity contribution in [2.24, 2.45) is 0 Å². The van der Waals surface area contributed by atoms with Crippen LogP contribution in [0.2, 0.25) is 0 Å². The molecule has 0 saturated carbocycles. The van der Waals surface area contributed by atoms with Crippen LogP contribution in [0.15, 0.2) is 23.3 Å². The zero-order valence-electron chi connectivity index (χ0n) is 10.8. The van der Waals surface area contributed by atoms with Gasteiger partial charge in [0, 0.05) is 12.8 Å². The summed E-state index contributed by atoms with van der Waals surface area (Å²) in [5, 5.41) is 0. The van der Waals surface area contributed by atoms with Gasteiger partial charge in [0.1, 0.15) is 5.78 Å². The van der Waals surface area contributed by atoms with Crippen LogP contribution in [0.1, 0.15) is 53.4 Å². The lowest BCUT2D eigenvalue weighted by molar-refractivity contribution is -0.121. The number of hydrogen-bond acceptors (Lipinski definition) is 2. The lowest BCUT2D eigenvalue weighted by atomic mass is 10.1. The topological polar surface area (TPSA) is 34.1 Å². The molecule has 16 heavy (non-hydrogen) atoms. The van der Waals surface area contributed by atoms with E-state index in [0.29, 0.717) is 12.8 Å². The Morgan fingerprint density at radius 3 is 2.06 bits per heavy atom. The van der Waals surface area contributed by atoms with Gasteiger partial charge in [-0.05, 0) is 46.6 Å². The number of rotatable bonds is 7. The van der Waals surface area contributed by atoms with Crippen LogP contribution in [0, 0.1) is 0 Å². The summed E-state index contributed by atoms with van der Waals surface area (Å²) in [6, 6.07) is 0. The molecule has 0 aromatic carbocycles. The van der Waals surface area contributed by atoms with Crippen LogP contribution in [0.4, 0.5) is 0 Å². The Kier molecular flexibility index (Phi) is 7.44. The van der Waals surface area contributed by atoms with E-state index in [1.807, 2.05) is 6.92 Å². The van der Waals surface area contributed by atoms with Gasteiger partial charge in [0.15, 0.2) is 5.78 Å². The van der Waals surface area contributed by atoms with Crippen molar-refractivity contribution in [1.82, 2.24) is 0 Å². The van der Waals surface area contributed by atoms with Gasteiger partial charge in [-0.2, -0.15) is 0 Å². The number of ketones is 2. The average Bonchev–Trinajstić information content (AvgIpc) is 2.14. The quantitative estimate of drug-likeness (QED) is 0.487. The van der Waals surface area contributed by atoms with E-state index in [9.17, 15) is 9.59 Å². The number of carbonyl (C=O) groups is 2. The van der Waals surface area contributed by atoms with Crippen LogP contribution in [-0.2, 0) is 9.59 Å². The van der Waals surface area contributed by atoms with Crippen LogP contribution < -0.4 is 0 Å². The van der Waals surface area contributed by atoms with Gasteiger partial charge in [0.25, 0.3) is 0 Å². The molecule has 0 rings (SSSR count). The zero-order valence-corrected chi connectivity index (χ0v) is 10.8. The van der Waals surface area contributed by atoms with Crippen LogP contribution in [0.25, 0.3) is 0 Å². The normalized spacial score (nSPS) is 11.1. The van der Waals surface area contributed by atoms with E-state index < -0.39 is 0 Å². The predicted octanol–water partition coefficient (Wildman–Crippen LogP) is 3.62. The molecule has 0 saturated heterocycles. The molecular weight excluding hydrogens is 200 g/mol. The predicted molar refractivity (Wildman–Crippen MR) is 67.3 cm³/mol. The molecule has 0 aromatic heterocycles. The molecule has 0 fully saturated rings. The lowest BCUT2D eigenvalue weighted by Gasteiger charge is -1.98. The van der Waals surface area contributed by atoms with Crippen molar-refractivity contribution >= 4 is 11.6 Å². The first-order valence-electron chi connectivity index (χ1n) is 5.74. The first-order valence-corrected chi connectivity index (χ1v) is 5.74. The summed E-state index contributed by atoms with van der Waals surface area (Å²) in [6.45, 7) is 7.61. The van der Waals surface area contributed by atoms with Crippen molar-refractivity contribution in [3.8, 4) is 0 Å². The van der Waals surface area contributed by atoms with E-state index in [1.54, 1.807) is 6.08 Å². The van der Waals surface area contributed by atoms with Crippen LogP contribution in [0.5, 0.6) is 0 Å². The van der Waals surface area contributed by atoms with Crippen molar-refractivity contribution < 1.29 is 9.59 Å². The molecule has 0 aliphatic rings. The van der Waals surface area contributed by atoms with Crippen molar-refractivity contribution in [3.05, 3.63) is 23.3 Å². The van der Waals surface area contributed by atoms with Crippen molar-refractivity contribution in [3.63, 3.8) is 0 Å². The Balaban J connectivity index is 3.97. The van der Waals surface area contributed by atoms with Gasteiger partial charge in [-0.1, -0.05) is 17.2 Å². The molecular formula is C14H22O2. The molecule has 0 aliphatic heterocycles. The number of hydrogen-bond donors (Lipinski definition) is 0. The fourth-order valence-corrected chi connectivity index (χ4v) is 1.31. The Morgan fingerprint density at radius 1 is 0.938 bits per heavy atom. The molecule has 0 unspecified atom stereocenters. The van der Waals surface area contributed by atoms with E-state index in [-0.39, 0.29) is 11.6 Å². The minimum Gasteiger partial charge on any atom is -0.300 e. The van der Waals surface area contributed by atoms with Gasteiger partial charge in [0.05, 0.1) is 0 Å². The third kappa shape index (κ3) is 9.38. The second kappa shape index (κ2) is 8.03. The minimum atomic E-state index is 0.0601. The molecule has 0 amide bonds. The van der Waals surface area contributed by atoms with Crippen LogP contribution in [-0.4, -0.2) is 11.6 Å². The maximum absolute atomic E-state index is 11.4. The number of allylic oxidation sites excluding steroid dienone is 4. The van der Waals surface area contributed by atoms with E-state index in [1.165, 1.54) is 12.5 Å². The molecule has 2 nitrogen and oxygen atoms in total. The van der Waals surface area contributed by atoms with Crippen molar-refractivity contribution in [1.29, 1.82) is 0 Å². The molecule has 0 atom stereocenters. The summed E-state index contributed by atoms with van der Waals surface area (Å²) in [6.07, 6.45) is 6.42. The van der Waals surface area contributed by atoms with Gasteiger partial charge >= 0.3 is 0 Å². The highest BCUT2D eigenvalue weighted by Crippen LogP contribution is 2.07. The highest BCUT2D eigenvalue weighted by Gasteiger charge is 2.01. The highest BCUT2D eigenvalue weighted by molar-refractivity contribution is 5.92. The summed E-state index contributed by atoms with van der Waals surface area (Å²) in [5.74, 6) is 0.133. The van der Waals surface area contributed by atoms with Gasteiger partial charge in [-0.3, -0.25) is 4.79 Å². The number of Topliss-reactive ketones (excluding diaryl/α,β-unsaturated/α-hetero) is 1. The first-order chi connectivity index (χ1) is 7.41. The van der Waals surface area contributed by atoms with Gasteiger partial charge < -0.3 is 4.79 Å². The van der Waals surface area contributed by atoms with Crippen LogP contribution in [0.3, 0.4) is 0 Å². The molecule has 0 heterocycles. The van der Waals surface area contributed by atoms with Crippen molar-refractivity contribution in [2.75, 3.05) is 0 Å². The molecule has 0 radical (unpaired) electrons. The maximum Gasteiger partial charge on any atom is 0.156 e. The average molecular weight is 222 g/mol. The third-order valence-electron chi connectivity index (χ3n) is 2.22. The molecule has 0 spiro atoms.